The van der Waals surface area contributed by atoms with Crippen molar-refractivity contribution in [3.8, 4) is 0 Å². The van der Waals surface area contributed by atoms with E-state index < -0.39 is 9.84 Å². The SMILES string of the molecule is CCC(CC)(CCCS(C)(=O)=O)CNC1CC1. The van der Waals surface area contributed by atoms with Crippen LogP contribution in [0.25, 0.3) is 0 Å². The van der Waals surface area contributed by atoms with Gasteiger partial charge in [-0.3, -0.25) is 0 Å². The molecule has 0 saturated heterocycles. The van der Waals surface area contributed by atoms with Gasteiger partial charge in [0.25, 0.3) is 0 Å². The van der Waals surface area contributed by atoms with Gasteiger partial charge < -0.3 is 5.32 Å². The zero-order valence-corrected chi connectivity index (χ0v) is 12.3. The number of sulfone groups is 1. The molecule has 4 heteroatoms. The molecule has 1 saturated carbocycles. The van der Waals surface area contributed by atoms with E-state index in [0.717, 1.165) is 38.3 Å². The number of rotatable bonds is 9. The maximum atomic E-state index is 11.2. The van der Waals surface area contributed by atoms with Gasteiger partial charge in [-0.25, -0.2) is 8.42 Å². The molecule has 0 aromatic carbocycles. The molecule has 0 aromatic rings. The number of hydrogen-bond donors (Lipinski definition) is 1. The lowest BCUT2D eigenvalue weighted by atomic mass is 9.78. The summed E-state index contributed by atoms with van der Waals surface area (Å²) in [5.41, 5.74) is 0.299. The van der Waals surface area contributed by atoms with Crippen molar-refractivity contribution in [1.29, 1.82) is 0 Å². The van der Waals surface area contributed by atoms with Crippen molar-refractivity contribution in [2.45, 2.75) is 58.4 Å². The molecule has 17 heavy (non-hydrogen) atoms. The van der Waals surface area contributed by atoms with Gasteiger partial charge in [-0.1, -0.05) is 13.8 Å². The van der Waals surface area contributed by atoms with Crippen LogP contribution >= 0.6 is 0 Å². The van der Waals surface area contributed by atoms with Gasteiger partial charge in [-0.05, 0) is 43.9 Å². The second kappa shape index (κ2) is 6.19. The first kappa shape index (κ1) is 15.0. The zero-order valence-electron chi connectivity index (χ0n) is 11.5. The Morgan fingerprint density at radius 3 is 2.24 bits per heavy atom. The molecule has 1 aliphatic carbocycles. The standard InChI is InChI=1S/C13H27NO2S/c1-4-13(5-2,11-14-12-7-8-12)9-6-10-17(3,15)16/h12,14H,4-11H2,1-3H3. The quantitative estimate of drug-likeness (QED) is 0.693. The number of nitrogens with one attached hydrogen (secondary N) is 1. The molecule has 3 nitrogen and oxygen atoms in total. The van der Waals surface area contributed by atoms with Gasteiger partial charge in [-0.2, -0.15) is 0 Å². The van der Waals surface area contributed by atoms with Gasteiger partial charge in [0, 0.05) is 24.6 Å². The molecular formula is C13H27NO2S. The van der Waals surface area contributed by atoms with Crippen LogP contribution in [-0.4, -0.2) is 33.0 Å². The molecule has 0 bridgehead atoms. The Kier molecular flexibility index (Phi) is 5.45. The molecule has 0 aromatic heterocycles. The average molecular weight is 261 g/mol. The molecule has 0 heterocycles. The fourth-order valence-electron chi connectivity index (χ4n) is 2.30. The summed E-state index contributed by atoms with van der Waals surface area (Å²) in [5, 5.41) is 3.60. The van der Waals surface area contributed by atoms with Gasteiger partial charge in [0.05, 0.1) is 0 Å². The minimum absolute atomic E-state index is 0.299. The highest BCUT2D eigenvalue weighted by Crippen LogP contribution is 2.32. The van der Waals surface area contributed by atoms with Crippen LogP contribution in [0.4, 0.5) is 0 Å². The van der Waals surface area contributed by atoms with Crippen LogP contribution < -0.4 is 5.32 Å². The Balaban J connectivity index is 2.38. The molecule has 0 unspecified atom stereocenters. The number of hydrogen-bond acceptors (Lipinski definition) is 3. The molecule has 1 fully saturated rings. The van der Waals surface area contributed by atoms with E-state index in [1.165, 1.54) is 19.1 Å². The summed E-state index contributed by atoms with van der Waals surface area (Å²) in [6, 6.07) is 0.738. The first-order chi connectivity index (χ1) is 7.91. The molecule has 0 atom stereocenters. The minimum Gasteiger partial charge on any atom is -0.313 e. The Bertz CT molecular complexity index is 316. The van der Waals surface area contributed by atoms with E-state index in [1.807, 2.05) is 0 Å². The maximum absolute atomic E-state index is 11.2. The third-order valence-electron chi connectivity index (χ3n) is 4.07. The molecule has 0 radical (unpaired) electrons. The molecule has 0 aliphatic heterocycles. The molecule has 1 rings (SSSR count). The van der Waals surface area contributed by atoms with Crippen LogP contribution in [0, 0.1) is 5.41 Å². The predicted octanol–water partition coefficient (Wildman–Crippen LogP) is 2.37. The van der Waals surface area contributed by atoms with Crippen molar-refractivity contribution >= 4 is 9.84 Å². The first-order valence-corrected chi connectivity index (χ1v) is 8.88. The second-order valence-electron chi connectivity index (χ2n) is 5.60. The molecule has 102 valence electrons. The Labute approximate surface area is 106 Å². The second-order valence-corrected chi connectivity index (χ2v) is 7.86. The lowest BCUT2D eigenvalue weighted by Gasteiger charge is -2.32. The van der Waals surface area contributed by atoms with Crippen molar-refractivity contribution in [3.63, 3.8) is 0 Å². The van der Waals surface area contributed by atoms with Crippen LogP contribution in [-0.2, 0) is 9.84 Å². The molecule has 0 spiro atoms. The molecule has 1 N–H and O–H groups in total. The Morgan fingerprint density at radius 2 is 1.82 bits per heavy atom. The van der Waals surface area contributed by atoms with Gasteiger partial charge in [-0.15, -0.1) is 0 Å². The maximum Gasteiger partial charge on any atom is 0.147 e. The van der Waals surface area contributed by atoms with Crippen molar-refractivity contribution in [1.82, 2.24) is 5.32 Å². The third kappa shape index (κ3) is 5.87. The fraction of sp³-hybridized carbons (Fsp3) is 1.00. The lowest BCUT2D eigenvalue weighted by molar-refractivity contribution is 0.225. The van der Waals surface area contributed by atoms with Crippen molar-refractivity contribution in [2.75, 3.05) is 18.6 Å². The van der Waals surface area contributed by atoms with E-state index in [4.69, 9.17) is 0 Å². The highest BCUT2D eigenvalue weighted by Gasteiger charge is 2.29. The monoisotopic (exact) mass is 261 g/mol. The van der Waals surface area contributed by atoms with Crippen LogP contribution in [0.15, 0.2) is 0 Å². The van der Waals surface area contributed by atoms with Gasteiger partial charge in [0.1, 0.15) is 9.84 Å². The first-order valence-electron chi connectivity index (χ1n) is 6.82. The highest BCUT2D eigenvalue weighted by atomic mass is 32.2. The van der Waals surface area contributed by atoms with Gasteiger partial charge >= 0.3 is 0 Å². The van der Waals surface area contributed by atoms with Crippen molar-refractivity contribution < 1.29 is 8.42 Å². The van der Waals surface area contributed by atoms with E-state index in [0.29, 0.717) is 11.2 Å². The predicted molar refractivity (Wildman–Crippen MR) is 73.0 cm³/mol. The van der Waals surface area contributed by atoms with Crippen molar-refractivity contribution in [2.24, 2.45) is 5.41 Å². The van der Waals surface area contributed by atoms with E-state index in [9.17, 15) is 8.42 Å². The summed E-state index contributed by atoms with van der Waals surface area (Å²) in [6.45, 7) is 5.49. The third-order valence-corrected chi connectivity index (χ3v) is 5.10. The summed E-state index contributed by atoms with van der Waals surface area (Å²) in [5.74, 6) is 0.332. The minimum atomic E-state index is -2.80. The molecular weight excluding hydrogens is 234 g/mol. The molecule has 0 amide bonds. The van der Waals surface area contributed by atoms with E-state index in [2.05, 4.69) is 19.2 Å². The Morgan fingerprint density at radius 1 is 1.24 bits per heavy atom. The lowest BCUT2D eigenvalue weighted by Crippen LogP contribution is -2.35. The average Bonchev–Trinajstić information content (AvgIpc) is 3.06. The summed E-state index contributed by atoms with van der Waals surface area (Å²) in [6.07, 6.45) is 8.04. The zero-order chi connectivity index (χ0) is 12.9. The van der Waals surface area contributed by atoms with E-state index in [1.54, 1.807) is 0 Å². The summed E-state index contributed by atoms with van der Waals surface area (Å²) < 4.78 is 22.3. The Hall–Kier alpha value is -0.0900. The molecule has 1 aliphatic rings. The van der Waals surface area contributed by atoms with Crippen LogP contribution in [0.5, 0.6) is 0 Å². The summed E-state index contributed by atoms with van der Waals surface area (Å²) in [7, 11) is -2.80. The smallest absolute Gasteiger partial charge is 0.147 e. The summed E-state index contributed by atoms with van der Waals surface area (Å²) in [4.78, 5) is 0. The van der Waals surface area contributed by atoms with E-state index >= 15 is 0 Å². The largest absolute Gasteiger partial charge is 0.313 e. The topological polar surface area (TPSA) is 46.2 Å². The highest BCUT2D eigenvalue weighted by molar-refractivity contribution is 7.90. The fourth-order valence-corrected chi connectivity index (χ4v) is 2.97. The summed E-state index contributed by atoms with van der Waals surface area (Å²) >= 11 is 0. The van der Waals surface area contributed by atoms with E-state index in [-0.39, 0.29) is 0 Å². The van der Waals surface area contributed by atoms with Gasteiger partial charge in [0.15, 0.2) is 0 Å². The van der Waals surface area contributed by atoms with Crippen molar-refractivity contribution in [3.05, 3.63) is 0 Å². The normalized spacial score (nSPS) is 17.4. The van der Waals surface area contributed by atoms with Crippen LogP contribution in [0.3, 0.4) is 0 Å². The van der Waals surface area contributed by atoms with Crippen LogP contribution in [0.1, 0.15) is 52.4 Å². The van der Waals surface area contributed by atoms with Gasteiger partial charge in [0.2, 0.25) is 0 Å². The van der Waals surface area contributed by atoms with Crippen LogP contribution in [0.2, 0.25) is 0 Å².